The molecule has 3 N–H and O–H groups in total. The largest absolute Gasteiger partial charge is 0.326 e. The molecule has 1 aliphatic heterocycles. The molecule has 0 spiro atoms. The summed E-state index contributed by atoms with van der Waals surface area (Å²) in [4.78, 5) is 0. The van der Waals surface area contributed by atoms with Crippen molar-refractivity contribution in [2.24, 2.45) is 5.73 Å². The predicted molar refractivity (Wildman–Crippen MR) is 41.6 cm³/mol. The molecule has 1 fully saturated rings. The van der Waals surface area contributed by atoms with Gasteiger partial charge in [0.15, 0.2) is 0 Å². The van der Waals surface area contributed by atoms with E-state index in [1.165, 1.54) is 0 Å². The molecule has 1 aliphatic rings. The van der Waals surface area contributed by atoms with Crippen molar-refractivity contribution in [2.45, 2.75) is 12.5 Å². The third kappa shape index (κ3) is 2.83. The first-order chi connectivity index (χ1) is 4.10. The van der Waals surface area contributed by atoms with Gasteiger partial charge in [-0.15, -0.1) is 12.4 Å². The van der Waals surface area contributed by atoms with Gasteiger partial charge in [-0.2, -0.15) is 0 Å². The highest BCUT2D eigenvalue weighted by atomic mass is 35.5. The van der Waals surface area contributed by atoms with E-state index in [1.54, 1.807) is 0 Å². The van der Waals surface area contributed by atoms with Crippen LogP contribution >= 0.6 is 12.4 Å². The fourth-order valence-corrected chi connectivity index (χ4v) is 1.94. The molecule has 6 heteroatoms. The molecule has 1 atom stereocenters. The highest BCUT2D eigenvalue weighted by Gasteiger charge is 2.19. The van der Waals surface area contributed by atoms with Gasteiger partial charge in [0.05, 0.1) is 5.75 Å². The van der Waals surface area contributed by atoms with E-state index < -0.39 is 10.0 Å². The van der Waals surface area contributed by atoms with E-state index in [-0.39, 0.29) is 24.2 Å². The molecule has 0 aromatic rings. The fraction of sp³-hybridized carbons (Fsp3) is 1.00. The first-order valence-electron chi connectivity index (χ1n) is 2.83. The Balaban J connectivity index is 0.000000810. The number of nitrogens with two attached hydrogens (primary N) is 1. The molecule has 0 aromatic carbocycles. The van der Waals surface area contributed by atoms with Crippen molar-refractivity contribution < 1.29 is 8.42 Å². The Bertz CT molecular complexity index is 177. The average Bonchev–Trinajstić information content (AvgIpc) is 1.78. The number of hydrogen-bond donors (Lipinski definition) is 2. The maximum atomic E-state index is 10.6. The molecule has 0 radical (unpaired) electrons. The minimum absolute atomic E-state index is 0. The van der Waals surface area contributed by atoms with Crippen LogP contribution in [0, 0.1) is 0 Å². The van der Waals surface area contributed by atoms with E-state index in [2.05, 4.69) is 4.72 Å². The lowest BCUT2D eigenvalue weighted by atomic mass is 10.2. The number of halogens is 1. The summed E-state index contributed by atoms with van der Waals surface area (Å²) in [6.45, 7) is 0.391. The molecule has 0 bridgehead atoms. The summed E-state index contributed by atoms with van der Waals surface area (Å²) in [5, 5.41) is 0. The van der Waals surface area contributed by atoms with E-state index in [4.69, 9.17) is 5.73 Å². The summed E-state index contributed by atoms with van der Waals surface area (Å²) >= 11 is 0. The van der Waals surface area contributed by atoms with Crippen molar-refractivity contribution >= 4 is 22.4 Å². The average molecular weight is 187 g/mol. The van der Waals surface area contributed by atoms with Gasteiger partial charge in [-0.3, -0.25) is 0 Å². The quantitative estimate of drug-likeness (QED) is 0.513. The maximum absolute atomic E-state index is 10.6. The molecule has 0 amide bonds. The lowest BCUT2D eigenvalue weighted by Gasteiger charge is -2.18. The van der Waals surface area contributed by atoms with Crippen LogP contribution in [-0.2, 0) is 10.0 Å². The Morgan fingerprint density at radius 1 is 1.50 bits per heavy atom. The molecule has 62 valence electrons. The fourth-order valence-electron chi connectivity index (χ4n) is 0.715. The number of hydrogen-bond acceptors (Lipinski definition) is 3. The van der Waals surface area contributed by atoms with Gasteiger partial charge in [-0.05, 0) is 6.42 Å². The van der Waals surface area contributed by atoms with Gasteiger partial charge in [0.25, 0.3) is 0 Å². The third-order valence-electron chi connectivity index (χ3n) is 1.32. The number of rotatable bonds is 0. The van der Waals surface area contributed by atoms with E-state index >= 15 is 0 Å². The Morgan fingerprint density at radius 2 is 2.10 bits per heavy atom. The first kappa shape index (κ1) is 10.2. The number of sulfonamides is 1. The van der Waals surface area contributed by atoms with Gasteiger partial charge < -0.3 is 5.73 Å². The molecule has 1 unspecified atom stereocenters. The summed E-state index contributed by atoms with van der Waals surface area (Å²) in [5.74, 6) is 0.175. The summed E-state index contributed by atoms with van der Waals surface area (Å²) in [7, 11) is -2.95. The second kappa shape index (κ2) is 3.52. The van der Waals surface area contributed by atoms with Crippen LogP contribution in [0.1, 0.15) is 6.42 Å². The topological polar surface area (TPSA) is 72.2 Å². The second-order valence-electron chi connectivity index (χ2n) is 2.22. The molecule has 1 saturated heterocycles. The minimum atomic E-state index is -2.95. The van der Waals surface area contributed by atoms with Crippen LogP contribution in [0.3, 0.4) is 0 Å². The van der Waals surface area contributed by atoms with Crippen molar-refractivity contribution in [3.05, 3.63) is 0 Å². The van der Waals surface area contributed by atoms with Crippen LogP contribution < -0.4 is 10.5 Å². The molecule has 10 heavy (non-hydrogen) atoms. The first-order valence-corrected chi connectivity index (χ1v) is 4.48. The monoisotopic (exact) mass is 186 g/mol. The highest BCUT2D eigenvalue weighted by Crippen LogP contribution is 1.99. The van der Waals surface area contributed by atoms with Crippen molar-refractivity contribution in [1.82, 2.24) is 4.72 Å². The normalized spacial score (nSPS) is 30.7. The Kier molecular flexibility index (Phi) is 3.58. The lowest BCUT2D eigenvalue weighted by molar-refractivity contribution is 0.533. The predicted octanol–water partition coefficient (Wildman–Crippen LogP) is -0.941. The number of nitrogens with one attached hydrogen (secondary N) is 1. The Labute approximate surface area is 66.6 Å². The zero-order chi connectivity index (χ0) is 6.91. The van der Waals surface area contributed by atoms with Gasteiger partial charge in [0, 0.05) is 12.6 Å². The van der Waals surface area contributed by atoms with Gasteiger partial charge in [0.2, 0.25) is 10.0 Å². The minimum Gasteiger partial charge on any atom is -0.326 e. The standard InChI is InChI=1S/C4H10N2O2S.ClH/c5-4-1-2-9(7,8)6-3-4;/h4,6H,1-3,5H2;1H. The molecule has 0 aromatic heterocycles. The van der Waals surface area contributed by atoms with E-state index in [0.717, 1.165) is 0 Å². The SMILES string of the molecule is Cl.NC1CCS(=O)(=O)NC1. The van der Waals surface area contributed by atoms with Crippen molar-refractivity contribution in [2.75, 3.05) is 12.3 Å². The zero-order valence-electron chi connectivity index (χ0n) is 5.41. The van der Waals surface area contributed by atoms with Gasteiger partial charge in [0.1, 0.15) is 0 Å². The van der Waals surface area contributed by atoms with Crippen molar-refractivity contribution in [3.8, 4) is 0 Å². The molecule has 0 aliphatic carbocycles. The summed E-state index contributed by atoms with van der Waals surface area (Å²) in [6.07, 6.45) is 0.579. The summed E-state index contributed by atoms with van der Waals surface area (Å²) in [6, 6.07) is 0.00789. The van der Waals surface area contributed by atoms with Crippen LogP contribution in [0.5, 0.6) is 0 Å². The van der Waals surface area contributed by atoms with Crippen molar-refractivity contribution in [3.63, 3.8) is 0 Å². The molecule has 1 rings (SSSR count). The van der Waals surface area contributed by atoms with Gasteiger partial charge >= 0.3 is 0 Å². The zero-order valence-corrected chi connectivity index (χ0v) is 7.04. The summed E-state index contributed by atoms with van der Waals surface area (Å²) in [5.41, 5.74) is 5.43. The Morgan fingerprint density at radius 3 is 2.40 bits per heavy atom. The smallest absolute Gasteiger partial charge is 0.211 e. The Hall–Kier alpha value is 0.160. The van der Waals surface area contributed by atoms with E-state index in [9.17, 15) is 8.42 Å². The van der Waals surface area contributed by atoms with E-state index in [0.29, 0.717) is 13.0 Å². The summed E-state index contributed by atoms with van der Waals surface area (Å²) < 4.78 is 23.6. The van der Waals surface area contributed by atoms with Crippen LogP contribution in [0.15, 0.2) is 0 Å². The van der Waals surface area contributed by atoms with Crippen LogP contribution in [-0.4, -0.2) is 26.8 Å². The van der Waals surface area contributed by atoms with Gasteiger partial charge in [-0.1, -0.05) is 0 Å². The van der Waals surface area contributed by atoms with Gasteiger partial charge in [-0.25, -0.2) is 13.1 Å². The lowest BCUT2D eigenvalue weighted by Crippen LogP contribution is -2.44. The highest BCUT2D eigenvalue weighted by molar-refractivity contribution is 7.89. The molecular formula is C4H11ClN2O2S. The molecular weight excluding hydrogens is 176 g/mol. The van der Waals surface area contributed by atoms with Crippen LogP contribution in [0.4, 0.5) is 0 Å². The van der Waals surface area contributed by atoms with E-state index in [1.807, 2.05) is 0 Å². The maximum Gasteiger partial charge on any atom is 0.211 e. The molecule has 1 heterocycles. The van der Waals surface area contributed by atoms with Crippen LogP contribution in [0.2, 0.25) is 0 Å². The van der Waals surface area contributed by atoms with Crippen LogP contribution in [0.25, 0.3) is 0 Å². The second-order valence-corrected chi connectivity index (χ2v) is 4.14. The van der Waals surface area contributed by atoms with Crippen molar-refractivity contribution in [1.29, 1.82) is 0 Å². The third-order valence-corrected chi connectivity index (χ3v) is 2.70. The molecule has 4 nitrogen and oxygen atoms in total. The molecule has 0 saturated carbocycles.